The molecule has 0 aromatic rings. The highest BCUT2D eigenvalue weighted by Gasteiger charge is 2.10. The maximum absolute atomic E-state index is 11.4. The van der Waals surface area contributed by atoms with Crippen LogP contribution in [-0.4, -0.2) is 45.0 Å². The van der Waals surface area contributed by atoms with E-state index >= 15 is 0 Å². The van der Waals surface area contributed by atoms with Gasteiger partial charge in [-0.15, -0.1) is 0 Å². The summed E-state index contributed by atoms with van der Waals surface area (Å²) < 4.78 is 30.5. The van der Waals surface area contributed by atoms with Crippen molar-refractivity contribution in [3.05, 3.63) is 0 Å². The molecule has 18 heavy (non-hydrogen) atoms. The Morgan fingerprint density at radius 2 is 2.00 bits per heavy atom. The van der Waals surface area contributed by atoms with Gasteiger partial charge in [-0.2, -0.15) is 0 Å². The van der Waals surface area contributed by atoms with Gasteiger partial charge in [-0.1, -0.05) is 13.8 Å². The first kappa shape index (κ1) is 17.3. The highest BCUT2D eigenvalue weighted by atomic mass is 32.2. The van der Waals surface area contributed by atoms with E-state index < -0.39 is 16.0 Å². The number of carboxylic acids is 1. The van der Waals surface area contributed by atoms with Gasteiger partial charge < -0.3 is 9.84 Å². The number of carbonyl (C=O) groups is 1. The first-order valence-corrected chi connectivity index (χ1v) is 7.75. The molecule has 0 aliphatic heterocycles. The molecule has 0 spiro atoms. The summed E-state index contributed by atoms with van der Waals surface area (Å²) in [6.07, 6.45) is 0.623. The van der Waals surface area contributed by atoms with Crippen LogP contribution in [0.1, 0.15) is 33.1 Å². The number of sulfonamides is 1. The number of aliphatic carboxylic acids is 1. The molecule has 0 saturated heterocycles. The van der Waals surface area contributed by atoms with Crippen LogP contribution in [-0.2, 0) is 19.6 Å². The van der Waals surface area contributed by atoms with Crippen LogP contribution in [0.25, 0.3) is 0 Å². The van der Waals surface area contributed by atoms with Crippen LogP contribution in [0.3, 0.4) is 0 Å². The first-order valence-electron chi connectivity index (χ1n) is 6.10. The monoisotopic (exact) mass is 281 g/mol. The standard InChI is InChI=1S/C11H23NO5S/c1-10(2)9-17-7-4-6-12-18(15,16)8-3-5-11(13)14/h10,12H,3-9H2,1-2H3,(H,13,14). The molecule has 0 heterocycles. The molecule has 2 N–H and O–H groups in total. The highest BCUT2D eigenvalue weighted by Crippen LogP contribution is 1.96. The Kier molecular flexibility index (Phi) is 8.95. The lowest BCUT2D eigenvalue weighted by Crippen LogP contribution is -2.28. The van der Waals surface area contributed by atoms with Crippen molar-refractivity contribution in [3.63, 3.8) is 0 Å². The zero-order valence-corrected chi connectivity index (χ0v) is 11.8. The van der Waals surface area contributed by atoms with E-state index in [1.165, 1.54) is 0 Å². The molecule has 0 aromatic heterocycles. The fraction of sp³-hybridized carbons (Fsp3) is 0.909. The smallest absolute Gasteiger partial charge is 0.303 e. The van der Waals surface area contributed by atoms with Gasteiger partial charge in [0.05, 0.1) is 5.75 Å². The highest BCUT2D eigenvalue weighted by molar-refractivity contribution is 7.89. The number of hydrogen-bond acceptors (Lipinski definition) is 4. The lowest BCUT2D eigenvalue weighted by molar-refractivity contribution is -0.137. The minimum atomic E-state index is -3.35. The van der Waals surface area contributed by atoms with Crippen LogP contribution in [0.15, 0.2) is 0 Å². The maximum Gasteiger partial charge on any atom is 0.303 e. The van der Waals surface area contributed by atoms with E-state index in [4.69, 9.17) is 9.84 Å². The van der Waals surface area contributed by atoms with Crippen LogP contribution >= 0.6 is 0 Å². The lowest BCUT2D eigenvalue weighted by Gasteiger charge is -2.08. The van der Waals surface area contributed by atoms with Gasteiger partial charge in [0.15, 0.2) is 0 Å². The predicted molar refractivity (Wildman–Crippen MR) is 68.9 cm³/mol. The van der Waals surface area contributed by atoms with E-state index in [1.807, 2.05) is 13.8 Å². The molecular formula is C11H23NO5S. The van der Waals surface area contributed by atoms with Crippen LogP contribution in [0, 0.1) is 5.92 Å². The summed E-state index contributed by atoms with van der Waals surface area (Å²) >= 11 is 0. The SMILES string of the molecule is CC(C)COCCCNS(=O)(=O)CCCC(=O)O. The Bertz CT molecular complexity index is 326. The fourth-order valence-electron chi connectivity index (χ4n) is 1.21. The number of nitrogens with one attached hydrogen (secondary N) is 1. The van der Waals surface area contributed by atoms with Crippen LogP contribution in [0.4, 0.5) is 0 Å². The summed E-state index contributed by atoms with van der Waals surface area (Å²) in [6, 6.07) is 0. The van der Waals surface area contributed by atoms with E-state index in [-0.39, 0.29) is 18.6 Å². The molecule has 0 aliphatic carbocycles. The van der Waals surface area contributed by atoms with Gasteiger partial charge in [-0.3, -0.25) is 4.79 Å². The van der Waals surface area contributed by atoms with Crippen molar-refractivity contribution in [2.24, 2.45) is 5.92 Å². The van der Waals surface area contributed by atoms with Crippen molar-refractivity contribution in [1.29, 1.82) is 0 Å². The zero-order valence-electron chi connectivity index (χ0n) is 11.0. The Morgan fingerprint density at radius 1 is 1.33 bits per heavy atom. The molecule has 0 aliphatic rings. The summed E-state index contributed by atoms with van der Waals surface area (Å²) in [6.45, 7) is 5.62. The van der Waals surface area contributed by atoms with E-state index in [2.05, 4.69) is 4.72 Å². The van der Waals surface area contributed by atoms with Gasteiger partial charge in [-0.05, 0) is 18.8 Å². The molecule has 0 fully saturated rings. The number of rotatable bonds is 11. The third kappa shape index (κ3) is 11.8. The van der Waals surface area contributed by atoms with Gasteiger partial charge >= 0.3 is 5.97 Å². The number of hydrogen-bond donors (Lipinski definition) is 2. The molecule has 0 atom stereocenters. The number of ether oxygens (including phenoxy) is 1. The van der Waals surface area contributed by atoms with Gasteiger partial charge in [-0.25, -0.2) is 13.1 Å². The second-order valence-electron chi connectivity index (χ2n) is 4.53. The molecule has 0 radical (unpaired) electrons. The summed E-state index contributed by atoms with van der Waals surface area (Å²) in [7, 11) is -3.35. The predicted octanol–water partition coefficient (Wildman–Crippen LogP) is 0.833. The van der Waals surface area contributed by atoms with E-state index in [1.54, 1.807) is 0 Å². The average molecular weight is 281 g/mol. The van der Waals surface area contributed by atoms with E-state index in [0.717, 1.165) is 0 Å². The fourth-order valence-corrected chi connectivity index (χ4v) is 2.33. The lowest BCUT2D eigenvalue weighted by atomic mass is 10.2. The van der Waals surface area contributed by atoms with Crippen molar-refractivity contribution < 1.29 is 23.1 Å². The number of carboxylic acid groups (broad SMARTS) is 1. The molecule has 6 nitrogen and oxygen atoms in total. The van der Waals surface area contributed by atoms with Gasteiger partial charge in [0.2, 0.25) is 10.0 Å². The van der Waals surface area contributed by atoms with E-state index in [0.29, 0.717) is 32.1 Å². The summed E-state index contributed by atoms with van der Waals surface area (Å²) in [5.74, 6) is -0.656. The van der Waals surface area contributed by atoms with E-state index in [9.17, 15) is 13.2 Å². The van der Waals surface area contributed by atoms with Crippen molar-refractivity contribution in [2.45, 2.75) is 33.1 Å². The average Bonchev–Trinajstić information content (AvgIpc) is 2.21. The minimum Gasteiger partial charge on any atom is -0.481 e. The zero-order chi connectivity index (χ0) is 14.0. The molecule has 0 saturated carbocycles. The maximum atomic E-state index is 11.4. The van der Waals surface area contributed by atoms with Crippen molar-refractivity contribution >= 4 is 16.0 Å². The second-order valence-corrected chi connectivity index (χ2v) is 6.46. The molecule has 0 unspecified atom stereocenters. The normalized spacial score (nSPS) is 11.9. The van der Waals surface area contributed by atoms with Gasteiger partial charge in [0.25, 0.3) is 0 Å². The minimum absolute atomic E-state index is 0.127. The Balaban J connectivity index is 3.55. The van der Waals surface area contributed by atoms with Crippen LogP contribution in [0.2, 0.25) is 0 Å². The van der Waals surface area contributed by atoms with Crippen molar-refractivity contribution in [3.8, 4) is 0 Å². The molecule has 0 bridgehead atoms. The Hall–Kier alpha value is -0.660. The van der Waals surface area contributed by atoms with Gasteiger partial charge in [0.1, 0.15) is 0 Å². The second kappa shape index (κ2) is 9.29. The van der Waals surface area contributed by atoms with Crippen molar-refractivity contribution in [2.75, 3.05) is 25.5 Å². The summed E-state index contributed by atoms with van der Waals surface area (Å²) in [5, 5.41) is 8.40. The van der Waals surface area contributed by atoms with Crippen LogP contribution < -0.4 is 4.72 Å². The molecular weight excluding hydrogens is 258 g/mol. The summed E-state index contributed by atoms with van der Waals surface area (Å²) in [4.78, 5) is 10.2. The summed E-state index contributed by atoms with van der Waals surface area (Å²) in [5.41, 5.74) is 0. The van der Waals surface area contributed by atoms with Crippen LogP contribution in [0.5, 0.6) is 0 Å². The molecule has 0 aromatic carbocycles. The first-order chi connectivity index (χ1) is 8.33. The molecule has 7 heteroatoms. The topological polar surface area (TPSA) is 92.7 Å². The van der Waals surface area contributed by atoms with Gasteiger partial charge in [0, 0.05) is 26.2 Å². The third-order valence-corrected chi connectivity index (χ3v) is 3.51. The Morgan fingerprint density at radius 3 is 2.56 bits per heavy atom. The quantitative estimate of drug-likeness (QED) is 0.547. The molecule has 108 valence electrons. The Labute approximate surface area is 109 Å². The largest absolute Gasteiger partial charge is 0.481 e. The molecule has 0 amide bonds. The molecule has 0 rings (SSSR count). The van der Waals surface area contributed by atoms with Crippen molar-refractivity contribution in [1.82, 2.24) is 4.72 Å². The third-order valence-electron chi connectivity index (χ3n) is 2.04.